The van der Waals surface area contributed by atoms with E-state index >= 15 is 0 Å². The van der Waals surface area contributed by atoms with Crippen molar-refractivity contribution >= 4 is 23.1 Å². The second-order valence-electron chi connectivity index (χ2n) is 6.83. The third-order valence-electron chi connectivity index (χ3n) is 4.54. The summed E-state index contributed by atoms with van der Waals surface area (Å²) in [4.78, 5) is 28.5. The van der Waals surface area contributed by atoms with Crippen molar-refractivity contribution in [2.45, 2.75) is 19.2 Å². The zero-order chi connectivity index (χ0) is 22.2. The van der Waals surface area contributed by atoms with Crippen molar-refractivity contribution in [3.05, 3.63) is 89.7 Å². The summed E-state index contributed by atoms with van der Waals surface area (Å²) < 4.78 is 5.32. The second-order valence-corrected chi connectivity index (χ2v) is 6.83. The van der Waals surface area contributed by atoms with Crippen LogP contribution in [0.25, 0.3) is 0 Å². The smallest absolute Gasteiger partial charge is 0.276 e. The second kappa shape index (κ2) is 10.1. The summed E-state index contributed by atoms with van der Waals surface area (Å²) in [5, 5.41) is 10.8. The molecule has 0 fully saturated rings. The van der Waals surface area contributed by atoms with E-state index < -0.39 is 12.1 Å². The molecular formula is C23H23N5O3. The van der Waals surface area contributed by atoms with Crippen molar-refractivity contribution in [2.75, 3.05) is 5.73 Å². The van der Waals surface area contributed by atoms with Crippen LogP contribution in [0.1, 0.15) is 21.5 Å². The molecule has 1 unspecified atom stereocenters. The van der Waals surface area contributed by atoms with Crippen LogP contribution in [0, 0.1) is 5.41 Å². The first-order valence-corrected chi connectivity index (χ1v) is 9.58. The Morgan fingerprint density at radius 3 is 2.48 bits per heavy atom. The van der Waals surface area contributed by atoms with Gasteiger partial charge in [-0.05, 0) is 29.3 Å². The number of nitrogens with two attached hydrogens (primary N) is 2. The number of rotatable bonds is 9. The molecule has 1 heterocycles. The number of amides is 1. The maximum Gasteiger partial charge on any atom is 0.276 e. The number of hydrogen-bond donors (Lipinski definition) is 4. The summed E-state index contributed by atoms with van der Waals surface area (Å²) in [7, 11) is 0. The summed E-state index contributed by atoms with van der Waals surface area (Å²) in [5.41, 5.74) is 14.1. The standard InChI is InChI=1S/C23H23N5O3/c24-19-6-2-1-4-17(19)12-20(25)21(29)16-9-7-15(8-10-16)13-28-23(30)22(26)31-18-5-3-11-27-14-18/h1-11,14,22,25H,12-13,24,26H2,(H,28,30). The SMILES string of the molecule is N=C(Cc1ccccc1N)C(=O)c1ccc(CNC(=O)C(N)Oc2cccnc2)cc1. The van der Waals surface area contributed by atoms with E-state index in [1.54, 1.807) is 60.8 Å². The van der Waals surface area contributed by atoms with Crippen LogP contribution in [-0.4, -0.2) is 28.6 Å². The molecule has 6 N–H and O–H groups in total. The highest BCUT2D eigenvalue weighted by Gasteiger charge is 2.16. The van der Waals surface area contributed by atoms with Gasteiger partial charge in [-0.1, -0.05) is 42.5 Å². The van der Waals surface area contributed by atoms with Gasteiger partial charge in [0.1, 0.15) is 5.75 Å². The molecule has 1 amide bonds. The molecule has 0 radical (unpaired) electrons. The number of carbonyl (C=O) groups is 2. The van der Waals surface area contributed by atoms with Crippen LogP contribution >= 0.6 is 0 Å². The van der Waals surface area contributed by atoms with Crippen LogP contribution in [0.3, 0.4) is 0 Å². The molecular weight excluding hydrogens is 394 g/mol. The molecule has 0 aliphatic heterocycles. The molecule has 0 aliphatic carbocycles. The number of nitrogen functional groups attached to an aromatic ring is 1. The predicted octanol–water partition coefficient (Wildman–Crippen LogP) is 2.09. The van der Waals surface area contributed by atoms with Gasteiger partial charge in [0.25, 0.3) is 5.91 Å². The van der Waals surface area contributed by atoms with Gasteiger partial charge < -0.3 is 21.2 Å². The van der Waals surface area contributed by atoms with E-state index in [4.69, 9.17) is 21.6 Å². The lowest BCUT2D eigenvalue weighted by atomic mass is 9.99. The largest absolute Gasteiger partial charge is 0.465 e. The number of anilines is 1. The Hall–Kier alpha value is -4.04. The zero-order valence-electron chi connectivity index (χ0n) is 16.7. The lowest BCUT2D eigenvalue weighted by molar-refractivity contribution is -0.127. The summed E-state index contributed by atoms with van der Waals surface area (Å²) >= 11 is 0. The molecule has 8 heteroatoms. The number of para-hydroxylation sites is 1. The fourth-order valence-electron chi connectivity index (χ4n) is 2.82. The van der Waals surface area contributed by atoms with Gasteiger partial charge in [0, 0.05) is 30.4 Å². The number of nitrogens with zero attached hydrogens (tertiary/aromatic N) is 1. The lowest BCUT2D eigenvalue weighted by Gasteiger charge is -2.14. The third kappa shape index (κ3) is 5.97. The Balaban J connectivity index is 1.52. The van der Waals surface area contributed by atoms with Crippen molar-refractivity contribution in [1.29, 1.82) is 5.41 Å². The summed E-state index contributed by atoms with van der Waals surface area (Å²) in [6.07, 6.45) is 2.05. The van der Waals surface area contributed by atoms with Gasteiger partial charge in [0.2, 0.25) is 12.0 Å². The quantitative estimate of drug-likeness (QED) is 0.182. The first-order chi connectivity index (χ1) is 14.9. The topological polar surface area (TPSA) is 144 Å². The molecule has 0 aliphatic rings. The van der Waals surface area contributed by atoms with Gasteiger partial charge in [-0.2, -0.15) is 0 Å². The normalized spacial score (nSPS) is 11.4. The van der Waals surface area contributed by atoms with Gasteiger partial charge in [-0.15, -0.1) is 0 Å². The maximum atomic E-state index is 12.5. The molecule has 0 saturated heterocycles. The minimum atomic E-state index is -1.17. The first kappa shape index (κ1) is 21.7. The summed E-state index contributed by atoms with van der Waals surface area (Å²) in [6, 6.07) is 17.2. The number of ether oxygens (including phenoxy) is 1. The van der Waals surface area contributed by atoms with Crippen molar-refractivity contribution in [2.24, 2.45) is 5.73 Å². The molecule has 3 rings (SSSR count). The average Bonchev–Trinajstić information content (AvgIpc) is 2.79. The van der Waals surface area contributed by atoms with Gasteiger partial charge >= 0.3 is 0 Å². The number of pyridine rings is 1. The first-order valence-electron chi connectivity index (χ1n) is 9.58. The number of benzene rings is 2. The number of hydrogen-bond acceptors (Lipinski definition) is 7. The molecule has 31 heavy (non-hydrogen) atoms. The van der Waals surface area contributed by atoms with Crippen molar-refractivity contribution in [3.8, 4) is 5.75 Å². The molecule has 1 atom stereocenters. The van der Waals surface area contributed by atoms with Gasteiger partial charge in [0.05, 0.1) is 11.9 Å². The molecule has 2 aromatic carbocycles. The molecule has 158 valence electrons. The van der Waals surface area contributed by atoms with E-state index in [2.05, 4.69) is 10.3 Å². The Morgan fingerprint density at radius 1 is 1.06 bits per heavy atom. The number of Topliss-reactive ketones (excluding diaryl/α,β-unsaturated/α-hetero) is 1. The average molecular weight is 417 g/mol. The number of ketones is 1. The van der Waals surface area contributed by atoms with Crippen LogP contribution in [-0.2, 0) is 17.8 Å². The fraction of sp³-hybridized carbons (Fsp3) is 0.130. The van der Waals surface area contributed by atoms with Crippen molar-refractivity contribution in [3.63, 3.8) is 0 Å². The Bertz CT molecular complexity index is 1070. The zero-order valence-corrected chi connectivity index (χ0v) is 16.7. The van der Waals surface area contributed by atoms with Crippen LogP contribution in [0.15, 0.2) is 73.1 Å². The molecule has 1 aromatic heterocycles. The van der Waals surface area contributed by atoms with Crippen molar-refractivity contribution in [1.82, 2.24) is 10.3 Å². The minimum absolute atomic E-state index is 0.0440. The van der Waals surface area contributed by atoms with Crippen molar-refractivity contribution < 1.29 is 14.3 Å². The fourth-order valence-corrected chi connectivity index (χ4v) is 2.82. The van der Waals surface area contributed by atoms with E-state index in [0.29, 0.717) is 17.0 Å². The molecule has 0 saturated carbocycles. The van der Waals surface area contributed by atoms with Crippen LogP contribution in [0.4, 0.5) is 5.69 Å². The van der Waals surface area contributed by atoms with Gasteiger partial charge in [-0.25, -0.2) is 0 Å². The lowest BCUT2D eigenvalue weighted by Crippen LogP contribution is -2.44. The van der Waals surface area contributed by atoms with E-state index in [1.807, 2.05) is 6.07 Å². The minimum Gasteiger partial charge on any atom is -0.465 e. The van der Waals surface area contributed by atoms with E-state index in [0.717, 1.165) is 11.1 Å². The Kier molecular flexibility index (Phi) is 7.08. The predicted molar refractivity (Wildman–Crippen MR) is 118 cm³/mol. The third-order valence-corrected chi connectivity index (χ3v) is 4.54. The van der Waals surface area contributed by atoms with Gasteiger partial charge in [-0.3, -0.25) is 20.3 Å². The highest BCUT2D eigenvalue weighted by Crippen LogP contribution is 2.14. The number of carbonyl (C=O) groups excluding carboxylic acids is 2. The summed E-state index contributed by atoms with van der Waals surface area (Å²) in [5.74, 6) is -0.454. The number of nitrogens with one attached hydrogen (secondary N) is 2. The number of aromatic nitrogens is 1. The van der Waals surface area contributed by atoms with Crippen LogP contribution in [0.2, 0.25) is 0 Å². The Labute approximate surface area is 179 Å². The summed E-state index contributed by atoms with van der Waals surface area (Å²) in [6.45, 7) is 0.218. The molecule has 0 bridgehead atoms. The van der Waals surface area contributed by atoms with Crippen LogP contribution in [0.5, 0.6) is 5.75 Å². The van der Waals surface area contributed by atoms with Gasteiger partial charge in [0.15, 0.2) is 0 Å². The Morgan fingerprint density at radius 2 is 1.81 bits per heavy atom. The van der Waals surface area contributed by atoms with E-state index in [1.165, 1.54) is 6.20 Å². The highest BCUT2D eigenvalue weighted by molar-refractivity contribution is 6.45. The monoisotopic (exact) mass is 417 g/mol. The van der Waals surface area contributed by atoms with E-state index in [9.17, 15) is 9.59 Å². The molecule has 8 nitrogen and oxygen atoms in total. The van der Waals surface area contributed by atoms with E-state index in [-0.39, 0.29) is 24.5 Å². The maximum absolute atomic E-state index is 12.5. The highest BCUT2D eigenvalue weighted by atomic mass is 16.5. The molecule has 0 spiro atoms. The molecule has 3 aromatic rings. The van der Waals surface area contributed by atoms with Crippen LogP contribution < -0.4 is 21.5 Å².